The number of urea groups is 1. The summed E-state index contributed by atoms with van der Waals surface area (Å²) in [4.78, 5) is 54.7. The van der Waals surface area contributed by atoms with E-state index in [1.807, 2.05) is 10.9 Å². The van der Waals surface area contributed by atoms with Gasteiger partial charge in [0.2, 0.25) is 5.91 Å². The quantitative estimate of drug-likeness (QED) is 0.419. The van der Waals surface area contributed by atoms with Gasteiger partial charge in [0.1, 0.15) is 5.60 Å². The molecule has 5 amide bonds. The van der Waals surface area contributed by atoms with Gasteiger partial charge in [-0.2, -0.15) is 0 Å². The lowest BCUT2D eigenvalue weighted by Crippen LogP contribution is -2.49. The monoisotopic (exact) mass is 446 g/mol. The van der Waals surface area contributed by atoms with Gasteiger partial charge in [0.05, 0.1) is 17.6 Å². The van der Waals surface area contributed by atoms with Gasteiger partial charge in [-0.05, 0) is 45.0 Å². The first-order chi connectivity index (χ1) is 14.5. The zero-order valence-electron chi connectivity index (χ0n) is 17.3. The molecule has 0 aliphatic heterocycles. The number of thiazole rings is 1. The van der Waals surface area contributed by atoms with E-state index < -0.39 is 23.6 Å². The zero-order chi connectivity index (χ0) is 23.0. The molecular weight excluding hydrogens is 424 g/mol. The number of hydrazine groups is 1. The molecule has 4 N–H and O–H groups in total. The molecule has 11 nitrogen and oxygen atoms in total. The molecule has 0 bridgehead atoms. The largest absolute Gasteiger partial charge is 0.443 e. The van der Waals surface area contributed by atoms with Crippen molar-refractivity contribution in [3.8, 4) is 0 Å². The van der Waals surface area contributed by atoms with E-state index in [4.69, 9.17) is 4.74 Å². The molecule has 2 rings (SSSR count). The van der Waals surface area contributed by atoms with Crippen LogP contribution in [0.1, 0.15) is 43.7 Å². The third-order valence-electron chi connectivity index (χ3n) is 3.18. The van der Waals surface area contributed by atoms with Gasteiger partial charge in [-0.3, -0.25) is 19.9 Å². The average molecular weight is 446 g/mol. The minimum atomic E-state index is -0.920. The van der Waals surface area contributed by atoms with Gasteiger partial charge in [-0.15, -0.1) is 11.3 Å². The smallest absolute Gasteiger partial charge is 0.426 e. The molecule has 0 aliphatic carbocycles. The van der Waals surface area contributed by atoms with E-state index in [1.54, 1.807) is 38.3 Å². The van der Waals surface area contributed by atoms with E-state index in [0.29, 0.717) is 16.5 Å². The number of imide groups is 1. The van der Waals surface area contributed by atoms with E-state index in [1.165, 1.54) is 36.6 Å². The minimum absolute atomic E-state index is 0.207. The molecule has 1 aromatic heterocycles. The Morgan fingerprint density at radius 3 is 2.39 bits per heavy atom. The molecule has 31 heavy (non-hydrogen) atoms. The maximum atomic E-state index is 12.1. The summed E-state index contributed by atoms with van der Waals surface area (Å²) in [5.41, 5.74) is 4.66. The highest BCUT2D eigenvalue weighted by atomic mass is 32.1. The van der Waals surface area contributed by atoms with Crippen LogP contribution in [0.2, 0.25) is 0 Å². The van der Waals surface area contributed by atoms with Crippen molar-refractivity contribution in [3.63, 3.8) is 0 Å². The molecule has 2 aromatic rings. The highest BCUT2D eigenvalue weighted by molar-refractivity contribution is 7.14. The average Bonchev–Trinajstić information content (AvgIpc) is 3.10. The number of carbonyl (C=O) groups is 4. The van der Waals surface area contributed by atoms with Crippen molar-refractivity contribution in [1.82, 2.24) is 21.2 Å². The number of benzene rings is 1. The fraction of sp³-hybridized carbons (Fsp3) is 0.263. The topological polar surface area (TPSA) is 151 Å². The number of nitrogens with zero attached hydrogens (tertiary/aromatic N) is 2. The molecule has 0 saturated heterocycles. The molecule has 12 heteroatoms. The SMILES string of the molecule is CC(=O)Nc1nc(/C=N/c2ccc(C(=O)NC(=O)NNC(=O)OC(C)(C)C)cc2)cs1. The molecule has 0 radical (unpaired) electrons. The van der Waals surface area contributed by atoms with E-state index in [0.717, 1.165) is 0 Å². The van der Waals surface area contributed by atoms with Crippen molar-refractivity contribution in [2.75, 3.05) is 5.32 Å². The van der Waals surface area contributed by atoms with Crippen molar-refractivity contribution >= 4 is 52.3 Å². The Hall–Kier alpha value is -3.80. The van der Waals surface area contributed by atoms with Crippen LogP contribution in [0.3, 0.4) is 0 Å². The molecule has 1 heterocycles. The van der Waals surface area contributed by atoms with Gasteiger partial charge in [0.25, 0.3) is 5.91 Å². The van der Waals surface area contributed by atoms with Crippen LogP contribution in [0.15, 0.2) is 34.6 Å². The molecular formula is C19H22N6O5S. The van der Waals surface area contributed by atoms with Crippen molar-refractivity contribution in [1.29, 1.82) is 0 Å². The van der Waals surface area contributed by atoms with Crippen LogP contribution in [0, 0.1) is 0 Å². The second kappa shape index (κ2) is 10.3. The van der Waals surface area contributed by atoms with Crippen molar-refractivity contribution < 1.29 is 23.9 Å². The Morgan fingerprint density at radius 1 is 1.10 bits per heavy atom. The standard InChI is InChI=1S/C19H22N6O5S/c1-11(26)21-17-22-14(10-31-17)9-20-13-7-5-12(6-8-13)15(27)23-16(28)24-25-18(29)30-19(2,3)4/h5-10H,1-4H3,(H,25,29)(H,21,22,26)(H2,23,24,27,28)/b20-9+. The van der Waals surface area contributed by atoms with Gasteiger partial charge in [-0.25, -0.2) is 25.4 Å². The van der Waals surface area contributed by atoms with E-state index >= 15 is 0 Å². The lowest BCUT2D eigenvalue weighted by atomic mass is 10.2. The minimum Gasteiger partial charge on any atom is -0.443 e. The van der Waals surface area contributed by atoms with Crippen LogP contribution in [0.4, 0.5) is 20.4 Å². The lowest BCUT2D eigenvalue weighted by molar-refractivity contribution is -0.114. The second-order valence-electron chi connectivity index (χ2n) is 7.10. The number of nitrogens with one attached hydrogen (secondary N) is 4. The van der Waals surface area contributed by atoms with Gasteiger partial charge < -0.3 is 10.1 Å². The summed E-state index contributed by atoms with van der Waals surface area (Å²) in [7, 11) is 0. The van der Waals surface area contributed by atoms with Crippen LogP contribution >= 0.6 is 11.3 Å². The van der Waals surface area contributed by atoms with Gasteiger partial charge in [-0.1, -0.05) is 0 Å². The number of hydrogen-bond acceptors (Lipinski definition) is 8. The van der Waals surface area contributed by atoms with Gasteiger partial charge in [0.15, 0.2) is 5.13 Å². The van der Waals surface area contributed by atoms with Crippen LogP contribution in [-0.2, 0) is 9.53 Å². The maximum absolute atomic E-state index is 12.1. The summed E-state index contributed by atoms with van der Waals surface area (Å²) in [6, 6.07) is 5.23. The first-order valence-corrected chi connectivity index (χ1v) is 9.87. The summed E-state index contributed by atoms with van der Waals surface area (Å²) in [6.07, 6.45) is 0.661. The molecule has 1 aromatic carbocycles. The molecule has 164 valence electrons. The molecule has 0 atom stereocenters. The normalized spacial score (nSPS) is 11.0. The van der Waals surface area contributed by atoms with E-state index in [9.17, 15) is 19.2 Å². The van der Waals surface area contributed by atoms with E-state index in [2.05, 4.69) is 20.6 Å². The van der Waals surface area contributed by atoms with Crippen LogP contribution in [-0.4, -0.2) is 40.7 Å². The summed E-state index contributed by atoms with van der Waals surface area (Å²) >= 11 is 1.27. The number of ether oxygens (including phenoxy) is 1. The van der Waals surface area contributed by atoms with Gasteiger partial charge >= 0.3 is 12.1 Å². The number of carbonyl (C=O) groups excluding carboxylic acids is 4. The Bertz CT molecular complexity index is 994. The Labute approximate surface area is 182 Å². The number of aromatic nitrogens is 1. The molecule has 0 aliphatic rings. The Balaban J connectivity index is 1.85. The van der Waals surface area contributed by atoms with Crippen molar-refractivity contribution in [2.45, 2.75) is 33.3 Å². The highest BCUT2D eigenvalue weighted by Gasteiger charge is 2.17. The number of amides is 5. The predicted octanol–water partition coefficient (Wildman–Crippen LogP) is 2.73. The second-order valence-corrected chi connectivity index (χ2v) is 7.96. The maximum Gasteiger partial charge on any atom is 0.426 e. The fourth-order valence-electron chi connectivity index (χ4n) is 2.01. The Kier molecular flexibility index (Phi) is 7.80. The first-order valence-electron chi connectivity index (χ1n) is 8.99. The highest BCUT2D eigenvalue weighted by Crippen LogP contribution is 2.16. The Morgan fingerprint density at radius 2 is 1.77 bits per heavy atom. The van der Waals surface area contributed by atoms with Crippen molar-refractivity contribution in [3.05, 3.63) is 40.9 Å². The van der Waals surface area contributed by atoms with Crippen LogP contribution in [0.5, 0.6) is 0 Å². The van der Waals surface area contributed by atoms with Crippen LogP contribution in [0.25, 0.3) is 0 Å². The summed E-state index contributed by atoms with van der Waals surface area (Å²) in [6.45, 7) is 6.41. The molecule has 0 fully saturated rings. The lowest BCUT2D eigenvalue weighted by Gasteiger charge is -2.19. The number of anilines is 1. The van der Waals surface area contributed by atoms with Crippen LogP contribution < -0.4 is 21.5 Å². The number of rotatable bonds is 4. The third-order valence-corrected chi connectivity index (χ3v) is 3.96. The molecule has 0 unspecified atom stereocenters. The first kappa shape index (κ1) is 23.5. The van der Waals surface area contributed by atoms with Crippen molar-refractivity contribution in [2.24, 2.45) is 4.99 Å². The predicted molar refractivity (Wildman–Crippen MR) is 115 cm³/mol. The summed E-state index contributed by atoms with van der Waals surface area (Å²) in [5.74, 6) is -0.875. The zero-order valence-corrected chi connectivity index (χ0v) is 18.1. The van der Waals surface area contributed by atoms with E-state index in [-0.39, 0.29) is 11.5 Å². The molecule has 0 spiro atoms. The number of aliphatic imine (C=N–C) groups is 1. The summed E-state index contributed by atoms with van der Waals surface area (Å²) in [5, 5.41) is 6.86. The third kappa shape index (κ3) is 8.62. The summed E-state index contributed by atoms with van der Waals surface area (Å²) < 4.78 is 4.95. The van der Waals surface area contributed by atoms with Gasteiger partial charge in [0, 0.05) is 17.9 Å². The molecule has 0 saturated carbocycles. The number of hydrogen-bond donors (Lipinski definition) is 4. The fourth-order valence-corrected chi connectivity index (χ4v) is 2.72.